The molecule has 0 rings (SSSR count). The average Bonchev–Trinajstić information content (AvgIpc) is 3.30. The maximum atomic E-state index is 12.8. The fraction of sp³-hybridized carbons (Fsp3) is 0.897. The van der Waals surface area contributed by atoms with E-state index >= 15 is 0 Å². The number of likely N-dealkylation sites (N-methyl/N-ethyl adjacent to an activating group) is 1. The number of ether oxygens (including phenoxy) is 2. The lowest BCUT2D eigenvalue weighted by Gasteiger charge is -2.28. The smallest absolute Gasteiger partial charge is 0.306 e. The molecule has 0 saturated carbocycles. The molecule has 68 heavy (non-hydrogen) atoms. The number of esters is 2. The summed E-state index contributed by atoms with van der Waals surface area (Å²) in [6, 6.07) is 0. The number of phosphoric acid groups is 1. The molecule has 0 aromatic rings. The van der Waals surface area contributed by atoms with Gasteiger partial charge in [-0.05, 0) is 64.2 Å². The van der Waals surface area contributed by atoms with Crippen LogP contribution in [0.15, 0.2) is 24.3 Å². The van der Waals surface area contributed by atoms with E-state index in [9.17, 15) is 19.0 Å². The van der Waals surface area contributed by atoms with Gasteiger partial charge in [0.05, 0.1) is 27.7 Å². The zero-order valence-electron chi connectivity index (χ0n) is 45.6. The molecule has 0 radical (unpaired) electrons. The first-order valence-corrected chi connectivity index (χ1v) is 30.5. The second-order valence-corrected chi connectivity index (χ2v) is 22.4. The molecule has 0 N–H and O–H groups in total. The SMILES string of the molecule is CCCCCCCCCC/C=C\CCCCCCCCCCCCCC(=O)OC(COC(=O)CCCCCCCCCCC/C=C\CCCCCCCCCC)COP(=O)([O-])OCC[N+](C)(C)C. The molecule has 402 valence electrons. The van der Waals surface area contributed by atoms with Crippen LogP contribution in [0, 0.1) is 0 Å². The summed E-state index contributed by atoms with van der Waals surface area (Å²) in [5.74, 6) is -0.823. The summed E-state index contributed by atoms with van der Waals surface area (Å²) < 4.78 is 34.2. The average molecular weight is 983 g/mol. The zero-order chi connectivity index (χ0) is 49.9. The molecule has 10 heteroatoms. The van der Waals surface area contributed by atoms with Crippen molar-refractivity contribution in [1.29, 1.82) is 0 Å². The second kappa shape index (κ2) is 50.4. The number of hydrogen-bond acceptors (Lipinski definition) is 8. The third kappa shape index (κ3) is 53.8. The Balaban J connectivity index is 4.15. The van der Waals surface area contributed by atoms with Crippen molar-refractivity contribution >= 4 is 19.8 Å². The topological polar surface area (TPSA) is 111 Å². The number of phosphoric ester groups is 1. The maximum Gasteiger partial charge on any atom is 0.306 e. The molecule has 0 heterocycles. The van der Waals surface area contributed by atoms with E-state index in [4.69, 9.17) is 18.5 Å². The molecule has 0 aromatic carbocycles. The van der Waals surface area contributed by atoms with Gasteiger partial charge in [-0.15, -0.1) is 0 Å². The standard InChI is InChI=1S/C58H112NO8P/c1-6-8-10-12-14-16-18-20-22-24-26-28-29-31-33-35-37-39-41-43-45-47-49-51-58(61)67-56(55-66-68(62,63)65-53-52-59(3,4)5)54-64-57(60)50-48-46-44-42-40-38-36-34-32-30-27-25-23-21-19-17-15-13-11-9-7-2/h24-27,56H,6-23,28-55H2,1-5H3/b26-24-,27-25-. The van der Waals surface area contributed by atoms with E-state index in [0.717, 1.165) is 38.5 Å². The molecule has 2 unspecified atom stereocenters. The highest BCUT2D eigenvalue weighted by Crippen LogP contribution is 2.38. The van der Waals surface area contributed by atoms with Crippen molar-refractivity contribution in [3.8, 4) is 0 Å². The minimum atomic E-state index is -4.63. The largest absolute Gasteiger partial charge is 0.756 e. The van der Waals surface area contributed by atoms with Gasteiger partial charge in [0, 0.05) is 12.8 Å². The summed E-state index contributed by atoms with van der Waals surface area (Å²) in [4.78, 5) is 37.9. The number of carbonyl (C=O) groups excluding carboxylic acids is 2. The van der Waals surface area contributed by atoms with E-state index in [1.165, 1.54) is 212 Å². The predicted octanol–water partition coefficient (Wildman–Crippen LogP) is 17.2. The number of hydrogen-bond donors (Lipinski definition) is 0. The number of nitrogens with zero attached hydrogens (tertiary/aromatic N) is 1. The van der Waals surface area contributed by atoms with Crippen LogP contribution in [0.3, 0.4) is 0 Å². The molecule has 0 aliphatic carbocycles. The molecule has 0 spiro atoms. The van der Waals surface area contributed by atoms with Crippen LogP contribution in [0.5, 0.6) is 0 Å². The van der Waals surface area contributed by atoms with Crippen molar-refractivity contribution in [2.24, 2.45) is 0 Å². The molecule has 0 aliphatic rings. The minimum Gasteiger partial charge on any atom is -0.756 e. The van der Waals surface area contributed by atoms with Crippen molar-refractivity contribution in [3.05, 3.63) is 24.3 Å². The number of rotatable bonds is 54. The van der Waals surface area contributed by atoms with Crippen LogP contribution in [0.25, 0.3) is 0 Å². The van der Waals surface area contributed by atoms with Gasteiger partial charge in [0.1, 0.15) is 19.8 Å². The summed E-state index contributed by atoms with van der Waals surface area (Å²) in [6.45, 7) is 4.28. The lowest BCUT2D eigenvalue weighted by Crippen LogP contribution is -2.37. The Labute approximate surface area is 421 Å². The molecule has 0 aromatic heterocycles. The van der Waals surface area contributed by atoms with Crippen LogP contribution in [0.2, 0.25) is 0 Å². The summed E-state index contributed by atoms with van der Waals surface area (Å²) in [6.07, 6.45) is 59.3. The molecule has 9 nitrogen and oxygen atoms in total. The highest BCUT2D eigenvalue weighted by molar-refractivity contribution is 7.45. The van der Waals surface area contributed by atoms with Crippen molar-refractivity contribution in [1.82, 2.24) is 0 Å². The highest BCUT2D eigenvalue weighted by atomic mass is 31.2. The first kappa shape index (κ1) is 66.5. The lowest BCUT2D eigenvalue weighted by atomic mass is 10.0. The van der Waals surface area contributed by atoms with Gasteiger partial charge in [-0.25, -0.2) is 0 Å². The van der Waals surface area contributed by atoms with Crippen LogP contribution in [-0.4, -0.2) is 70.0 Å². The van der Waals surface area contributed by atoms with Crippen LogP contribution in [-0.2, 0) is 32.7 Å². The van der Waals surface area contributed by atoms with Crippen molar-refractivity contribution < 1.29 is 42.1 Å². The third-order valence-corrected chi connectivity index (χ3v) is 13.9. The summed E-state index contributed by atoms with van der Waals surface area (Å²) in [5, 5.41) is 0. The highest BCUT2D eigenvalue weighted by Gasteiger charge is 2.22. The third-order valence-electron chi connectivity index (χ3n) is 12.9. The molecule has 0 bridgehead atoms. The Morgan fingerprint density at radius 3 is 1.09 bits per heavy atom. The Kier molecular flexibility index (Phi) is 49.3. The molecule has 0 amide bonds. The summed E-state index contributed by atoms with van der Waals surface area (Å²) in [5.41, 5.74) is 0. The van der Waals surface area contributed by atoms with Crippen LogP contribution in [0.1, 0.15) is 284 Å². The summed E-state index contributed by atoms with van der Waals surface area (Å²) in [7, 11) is 1.18. The Bertz CT molecular complexity index is 1200. The monoisotopic (exact) mass is 982 g/mol. The zero-order valence-corrected chi connectivity index (χ0v) is 46.5. The quantitative estimate of drug-likeness (QED) is 0.0195. The van der Waals surface area contributed by atoms with E-state index in [0.29, 0.717) is 17.4 Å². The predicted molar refractivity (Wildman–Crippen MR) is 287 cm³/mol. The summed E-state index contributed by atoms with van der Waals surface area (Å²) >= 11 is 0. The number of unbranched alkanes of at least 4 members (excludes halogenated alkanes) is 36. The first-order chi connectivity index (χ1) is 33.0. The van der Waals surface area contributed by atoms with Crippen LogP contribution in [0.4, 0.5) is 0 Å². The van der Waals surface area contributed by atoms with Gasteiger partial charge in [0.15, 0.2) is 6.10 Å². The van der Waals surface area contributed by atoms with Gasteiger partial charge >= 0.3 is 11.9 Å². The number of allylic oxidation sites excluding steroid dienone is 4. The normalized spacial score (nSPS) is 13.4. The van der Waals surface area contributed by atoms with Crippen molar-refractivity contribution in [3.63, 3.8) is 0 Å². The van der Waals surface area contributed by atoms with Crippen molar-refractivity contribution in [2.45, 2.75) is 290 Å². The van der Waals surface area contributed by atoms with E-state index in [1.54, 1.807) is 0 Å². The molecule has 2 atom stereocenters. The van der Waals surface area contributed by atoms with E-state index in [2.05, 4.69) is 38.2 Å². The van der Waals surface area contributed by atoms with Gasteiger partial charge in [-0.2, -0.15) is 0 Å². The van der Waals surface area contributed by atoms with Gasteiger partial charge in [-0.1, -0.05) is 231 Å². The Morgan fingerprint density at radius 2 is 0.750 bits per heavy atom. The molecular formula is C58H112NO8P. The van der Waals surface area contributed by atoms with Gasteiger partial charge < -0.3 is 27.9 Å². The Morgan fingerprint density at radius 1 is 0.441 bits per heavy atom. The van der Waals surface area contributed by atoms with E-state index in [-0.39, 0.29) is 32.0 Å². The van der Waals surface area contributed by atoms with E-state index < -0.39 is 26.5 Å². The number of carbonyl (C=O) groups is 2. The Hall–Kier alpha value is -1.51. The molecule has 0 saturated heterocycles. The first-order valence-electron chi connectivity index (χ1n) is 29.0. The fourth-order valence-corrected chi connectivity index (χ4v) is 9.14. The van der Waals surface area contributed by atoms with Gasteiger partial charge in [0.25, 0.3) is 7.82 Å². The van der Waals surface area contributed by atoms with E-state index in [1.807, 2.05) is 21.1 Å². The van der Waals surface area contributed by atoms with Gasteiger partial charge in [0.2, 0.25) is 0 Å². The molecule has 0 fully saturated rings. The minimum absolute atomic E-state index is 0.0292. The molecule has 0 aliphatic heterocycles. The van der Waals surface area contributed by atoms with Crippen molar-refractivity contribution in [2.75, 3.05) is 47.5 Å². The maximum absolute atomic E-state index is 12.8. The fourth-order valence-electron chi connectivity index (χ4n) is 8.41. The van der Waals surface area contributed by atoms with Gasteiger partial charge in [-0.3, -0.25) is 14.2 Å². The van der Waals surface area contributed by atoms with Crippen LogP contribution < -0.4 is 4.89 Å². The van der Waals surface area contributed by atoms with Crippen LogP contribution >= 0.6 is 7.82 Å². The number of quaternary nitrogens is 1. The molecular weight excluding hydrogens is 870 g/mol. The lowest BCUT2D eigenvalue weighted by molar-refractivity contribution is -0.870. The second-order valence-electron chi connectivity index (χ2n) is 21.0.